The molecule has 1 aromatic rings. The number of hydrogen-bond donors (Lipinski definition) is 0. The highest BCUT2D eigenvalue weighted by molar-refractivity contribution is 5.20. The van der Waals surface area contributed by atoms with Crippen molar-refractivity contribution >= 4 is 0 Å². The molecule has 1 aromatic carbocycles. The predicted molar refractivity (Wildman–Crippen MR) is 54.0 cm³/mol. The topological polar surface area (TPSA) is 0 Å². The third-order valence-electron chi connectivity index (χ3n) is 2.35. The Kier molecular flexibility index (Phi) is 3.33. The molecule has 0 bridgehead atoms. The van der Waals surface area contributed by atoms with E-state index in [0.29, 0.717) is 11.8 Å². The van der Waals surface area contributed by atoms with Crippen molar-refractivity contribution in [2.75, 3.05) is 0 Å². The number of benzene rings is 1. The standard InChI is InChI=1S/C12H17/c1-4-12(10(2)3)11-8-6-5-7-9-11/h5-10,12H,2,4H2,1,3H3. The molecule has 0 heterocycles. The van der Waals surface area contributed by atoms with Gasteiger partial charge in [-0.25, -0.2) is 0 Å². The van der Waals surface area contributed by atoms with Crippen LogP contribution in [0.15, 0.2) is 30.3 Å². The maximum Gasteiger partial charge on any atom is -0.0139 e. The van der Waals surface area contributed by atoms with Crippen molar-refractivity contribution in [3.8, 4) is 0 Å². The summed E-state index contributed by atoms with van der Waals surface area (Å²) in [7, 11) is 0. The minimum absolute atomic E-state index is 0.498. The highest BCUT2D eigenvalue weighted by Crippen LogP contribution is 2.26. The summed E-state index contributed by atoms with van der Waals surface area (Å²) in [4.78, 5) is 0. The zero-order chi connectivity index (χ0) is 8.97. The van der Waals surface area contributed by atoms with Crippen LogP contribution in [-0.4, -0.2) is 0 Å². The van der Waals surface area contributed by atoms with Gasteiger partial charge in [0, 0.05) is 0 Å². The van der Waals surface area contributed by atoms with E-state index in [1.54, 1.807) is 0 Å². The van der Waals surface area contributed by atoms with Crippen LogP contribution >= 0.6 is 0 Å². The molecule has 0 fully saturated rings. The molecule has 0 aromatic heterocycles. The van der Waals surface area contributed by atoms with Gasteiger partial charge in [0.25, 0.3) is 0 Å². The Morgan fingerprint density at radius 1 is 1.25 bits per heavy atom. The summed E-state index contributed by atoms with van der Waals surface area (Å²) < 4.78 is 0. The van der Waals surface area contributed by atoms with Gasteiger partial charge in [-0.2, -0.15) is 0 Å². The lowest BCUT2D eigenvalue weighted by Gasteiger charge is -2.18. The molecule has 2 unspecified atom stereocenters. The Labute approximate surface area is 75.6 Å². The van der Waals surface area contributed by atoms with Gasteiger partial charge in [0.2, 0.25) is 0 Å². The van der Waals surface area contributed by atoms with Crippen LogP contribution in [-0.2, 0) is 0 Å². The van der Waals surface area contributed by atoms with Crippen LogP contribution in [0.4, 0.5) is 0 Å². The van der Waals surface area contributed by atoms with Crippen LogP contribution in [0.25, 0.3) is 0 Å². The summed E-state index contributed by atoms with van der Waals surface area (Å²) in [6.07, 6.45) is 1.18. The molecule has 12 heavy (non-hydrogen) atoms. The molecule has 1 rings (SSSR count). The third kappa shape index (κ3) is 2.10. The van der Waals surface area contributed by atoms with Gasteiger partial charge in [0.1, 0.15) is 0 Å². The van der Waals surface area contributed by atoms with Gasteiger partial charge < -0.3 is 0 Å². The maximum atomic E-state index is 4.09. The minimum atomic E-state index is 0.498. The van der Waals surface area contributed by atoms with E-state index in [1.165, 1.54) is 12.0 Å². The first-order chi connectivity index (χ1) is 5.75. The normalized spacial score (nSPS) is 13.3. The Bertz CT molecular complexity index is 211. The first-order valence-electron chi connectivity index (χ1n) is 4.63. The number of rotatable bonds is 3. The van der Waals surface area contributed by atoms with Gasteiger partial charge in [-0.05, 0) is 30.7 Å². The first kappa shape index (κ1) is 9.31. The zero-order valence-electron chi connectivity index (χ0n) is 7.96. The predicted octanol–water partition coefficient (Wildman–Crippen LogP) is 3.65. The van der Waals surface area contributed by atoms with E-state index in [-0.39, 0.29) is 0 Å². The van der Waals surface area contributed by atoms with E-state index in [4.69, 9.17) is 0 Å². The Hall–Kier alpha value is -0.780. The van der Waals surface area contributed by atoms with Crippen molar-refractivity contribution in [2.24, 2.45) is 5.92 Å². The monoisotopic (exact) mass is 161 g/mol. The van der Waals surface area contributed by atoms with E-state index >= 15 is 0 Å². The highest BCUT2D eigenvalue weighted by atomic mass is 14.2. The molecule has 0 saturated heterocycles. The van der Waals surface area contributed by atoms with Gasteiger partial charge in [-0.3, -0.25) is 0 Å². The lowest BCUT2D eigenvalue weighted by molar-refractivity contribution is 0.528. The average molecular weight is 161 g/mol. The summed E-state index contributed by atoms with van der Waals surface area (Å²) >= 11 is 0. The second-order valence-corrected chi connectivity index (χ2v) is 3.40. The van der Waals surface area contributed by atoms with Gasteiger partial charge in [0.05, 0.1) is 0 Å². The molecule has 0 spiro atoms. The molecule has 2 atom stereocenters. The molecule has 1 radical (unpaired) electrons. The summed E-state index contributed by atoms with van der Waals surface area (Å²) in [5, 5.41) is 0. The Morgan fingerprint density at radius 3 is 2.25 bits per heavy atom. The quantitative estimate of drug-likeness (QED) is 0.634. The van der Waals surface area contributed by atoms with Gasteiger partial charge >= 0.3 is 0 Å². The Balaban J connectivity index is 2.80. The molecular formula is C12H17. The van der Waals surface area contributed by atoms with E-state index in [0.717, 1.165) is 0 Å². The maximum absolute atomic E-state index is 4.09. The second-order valence-electron chi connectivity index (χ2n) is 3.40. The van der Waals surface area contributed by atoms with E-state index in [2.05, 4.69) is 51.1 Å². The fourth-order valence-corrected chi connectivity index (χ4v) is 1.67. The summed E-state index contributed by atoms with van der Waals surface area (Å²) in [5.74, 6) is 1.11. The summed E-state index contributed by atoms with van der Waals surface area (Å²) in [5.41, 5.74) is 1.42. The molecule has 0 nitrogen and oxygen atoms in total. The van der Waals surface area contributed by atoms with Crippen molar-refractivity contribution in [3.63, 3.8) is 0 Å². The van der Waals surface area contributed by atoms with Crippen molar-refractivity contribution in [2.45, 2.75) is 26.2 Å². The van der Waals surface area contributed by atoms with E-state index in [1.807, 2.05) is 0 Å². The molecule has 0 saturated carbocycles. The smallest absolute Gasteiger partial charge is 0.0139 e. The molecule has 0 aliphatic carbocycles. The van der Waals surface area contributed by atoms with Crippen LogP contribution < -0.4 is 0 Å². The third-order valence-corrected chi connectivity index (χ3v) is 2.35. The molecule has 0 aliphatic heterocycles. The van der Waals surface area contributed by atoms with Gasteiger partial charge in [-0.15, -0.1) is 0 Å². The summed E-state index contributed by atoms with van der Waals surface area (Å²) in [6.45, 7) is 8.49. The average Bonchev–Trinajstić information content (AvgIpc) is 2.07. The minimum Gasteiger partial charge on any atom is -0.0648 e. The van der Waals surface area contributed by atoms with Gasteiger partial charge in [-0.1, -0.05) is 44.2 Å². The van der Waals surface area contributed by atoms with Crippen molar-refractivity contribution in [3.05, 3.63) is 42.8 Å². The van der Waals surface area contributed by atoms with E-state index < -0.39 is 0 Å². The lowest BCUT2D eigenvalue weighted by atomic mass is 9.86. The molecule has 65 valence electrons. The van der Waals surface area contributed by atoms with Crippen molar-refractivity contribution < 1.29 is 0 Å². The number of hydrogen-bond acceptors (Lipinski definition) is 0. The zero-order valence-corrected chi connectivity index (χ0v) is 7.96. The van der Waals surface area contributed by atoms with Crippen LogP contribution in [0, 0.1) is 12.8 Å². The summed E-state index contributed by atoms with van der Waals surface area (Å²) in [6, 6.07) is 10.6. The van der Waals surface area contributed by atoms with Crippen molar-refractivity contribution in [1.82, 2.24) is 0 Å². The van der Waals surface area contributed by atoms with E-state index in [9.17, 15) is 0 Å². The Morgan fingerprint density at radius 2 is 1.83 bits per heavy atom. The molecular weight excluding hydrogens is 144 g/mol. The first-order valence-corrected chi connectivity index (χ1v) is 4.63. The molecule has 0 amide bonds. The van der Waals surface area contributed by atoms with Crippen LogP contribution in [0.2, 0.25) is 0 Å². The molecule has 0 N–H and O–H groups in total. The molecule has 0 heteroatoms. The SMILES string of the molecule is [CH2]C(C)C(CC)c1ccccc1. The van der Waals surface area contributed by atoms with Crippen LogP contribution in [0.1, 0.15) is 31.7 Å². The van der Waals surface area contributed by atoms with Crippen molar-refractivity contribution in [1.29, 1.82) is 0 Å². The lowest BCUT2D eigenvalue weighted by Crippen LogP contribution is -2.05. The van der Waals surface area contributed by atoms with Crippen LogP contribution in [0.3, 0.4) is 0 Å². The largest absolute Gasteiger partial charge is 0.0648 e. The second kappa shape index (κ2) is 4.30. The highest BCUT2D eigenvalue weighted by Gasteiger charge is 2.12. The fraction of sp³-hybridized carbons (Fsp3) is 0.417. The fourth-order valence-electron chi connectivity index (χ4n) is 1.67. The van der Waals surface area contributed by atoms with Crippen LogP contribution in [0.5, 0.6) is 0 Å². The molecule has 0 aliphatic rings. The van der Waals surface area contributed by atoms with Gasteiger partial charge in [0.15, 0.2) is 0 Å².